The second-order valence-electron chi connectivity index (χ2n) is 2.08. The fourth-order valence-corrected chi connectivity index (χ4v) is 0.501. The Morgan fingerprint density at radius 2 is 1.80 bits per heavy atom. The van der Waals surface area contributed by atoms with Crippen molar-refractivity contribution < 1.29 is 13.2 Å². The van der Waals surface area contributed by atoms with Gasteiger partial charge in [0, 0.05) is 0 Å². The quantitative estimate of drug-likeness (QED) is 0.544. The second-order valence-corrected chi connectivity index (χ2v) is 2.08. The van der Waals surface area contributed by atoms with Gasteiger partial charge in [-0.15, -0.1) is 0 Å². The molecule has 60 valence electrons. The van der Waals surface area contributed by atoms with Crippen molar-refractivity contribution in [3.8, 4) is 0 Å². The molecule has 0 atom stereocenters. The topological polar surface area (TPSA) is 0 Å². The highest BCUT2D eigenvalue weighted by atomic mass is 19.4. The molecule has 0 saturated carbocycles. The van der Waals surface area contributed by atoms with Gasteiger partial charge in [0.2, 0.25) is 0 Å². The molecular formula is C7H11F3. The van der Waals surface area contributed by atoms with Crippen molar-refractivity contribution >= 4 is 0 Å². The second kappa shape index (κ2) is 4.36. The molecule has 0 rings (SSSR count). The predicted molar refractivity (Wildman–Crippen MR) is 34.7 cm³/mol. The molecule has 0 heterocycles. The summed E-state index contributed by atoms with van der Waals surface area (Å²) < 4.78 is 34.3. The van der Waals surface area contributed by atoms with Crippen LogP contribution in [0.25, 0.3) is 0 Å². The Balaban J connectivity index is 3.34. The molecule has 0 fully saturated rings. The van der Waals surface area contributed by atoms with Gasteiger partial charge in [-0.3, -0.25) is 0 Å². The molecule has 0 saturated heterocycles. The molecule has 0 amide bonds. The minimum Gasteiger partial charge on any atom is -0.171 e. The smallest absolute Gasteiger partial charge is 0.171 e. The lowest BCUT2D eigenvalue weighted by atomic mass is 10.3. The van der Waals surface area contributed by atoms with E-state index in [9.17, 15) is 13.2 Å². The average molecular weight is 152 g/mol. The van der Waals surface area contributed by atoms with Crippen molar-refractivity contribution in [1.29, 1.82) is 0 Å². The van der Waals surface area contributed by atoms with Crippen LogP contribution in [0, 0.1) is 0 Å². The summed E-state index contributed by atoms with van der Waals surface area (Å²) in [6.07, 6.45) is -0.474. The summed E-state index contributed by atoms with van der Waals surface area (Å²) in [5.74, 6) is 0. The van der Waals surface area contributed by atoms with E-state index in [1.54, 1.807) is 6.08 Å². The molecule has 3 heteroatoms. The van der Waals surface area contributed by atoms with Crippen LogP contribution in [0.1, 0.15) is 26.2 Å². The molecule has 0 aliphatic carbocycles. The molecule has 10 heavy (non-hydrogen) atoms. The van der Waals surface area contributed by atoms with E-state index in [-0.39, 0.29) is 0 Å². The first kappa shape index (κ1) is 9.53. The normalized spacial score (nSPS) is 12.8. The molecule has 0 aliphatic heterocycles. The Labute approximate surface area is 58.7 Å². The summed E-state index contributed by atoms with van der Waals surface area (Å²) >= 11 is 0. The van der Waals surface area contributed by atoms with Gasteiger partial charge in [0.1, 0.15) is 0 Å². The molecule has 0 nitrogen and oxygen atoms in total. The zero-order valence-electron chi connectivity index (χ0n) is 5.91. The molecule has 0 aromatic carbocycles. The lowest BCUT2D eigenvalue weighted by Crippen LogP contribution is -2.03. The third kappa shape index (κ3) is 7.53. The average Bonchev–Trinajstić information content (AvgIpc) is 1.78. The first-order valence-corrected chi connectivity index (χ1v) is 3.28. The van der Waals surface area contributed by atoms with Gasteiger partial charge in [-0.1, -0.05) is 25.5 Å². The lowest BCUT2D eigenvalue weighted by Gasteiger charge is -1.99. The summed E-state index contributed by atoms with van der Waals surface area (Å²) in [6.45, 7) is 1.93. The van der Waals surface area contributed by atoms with Gasteiger partial charge in [-0.25, -0.2) is 0 Å². The fourth-order valence-electron chi connectivity index (χ4n) is 0.501. The summed E-state index contributed by atoms with van der Waals surface area (Å²) in [6, 6.07) is 0. The largest absolute Gasteiger partial charge is 0.392 e. The zero-order valence-corrected chi connectivity index (χ0v) is 5.91. The van der Waals surface area contributed by atoms with Gasteiger partial charge in [-0.05, 0) is 6.42 Å². The molecule has 0 radical (unpaired) electrons. The highest BCUT2D eigenvalue weighted by molar-refractivity contribution is 4.83. The zero-order chi connectivity index (χ0) is 8.04. The molecule has 0 bridgehead atoms. The Kier molecular flexibility index (Phi) is 4.16. The third-order valence-electron chi connectivity index (χ3n) is 0.971. The van der Waals surface area contributed by atoms with Crippen molar-refractivity contribution in [2.45, 2.75) is 32.4 Å². The van der Waals surface area contributed by atoms with Gasteiger partial charge in [0.15, 0.2) is 0 Å². The Hall–Kier alpha value is -0.470. The van der Waals surface area contributed by atoms with Crippen LogP contribution < -0.4 is 0 Å². The first-order chi connectivity index (χ1) is 4.56. The van der Waals surface area contributed by atoms with E-state index < -0.39 is 12.6 Å². The van der Waals surface area contributed by atoms with Crippen molar-refractivity contribution in [3.05, 3.63) is 12.2 Å². The fraction of sp³-hybridized carbons (Fsp3) is 0.714. The number of hydrogen-bond donors (Lipinski definition) is 0. The van der Waals surface area contributed by atoms with Crippen LogP contribution in [0.5, 0.6) is 0 Å². The molecule has 0 aromatic rings. The van der Waals surface area contributed by atoms with E-state index in [4.69, 9.17) is 0 Å². The van der Waals surface area contributed by atoms with Crippen molar-refractivity contribution in [1.82, 2.24) is 0 Å². The van der Waals surface area contributed by atoms with Crippen LogP contribution in [0.15, 0.2) is 12.2 Å². The van der Waals surface area contributed by atoms with Crippen LogP contribution in [-0.4, -0.2) is 6.18 Å². The van der Waals surface area contributed by atoms with Crippen molar-refractivity contribution in [2.75, 3.05) is 0 Å². The van der Waals surface area contributed by atoms with E-state index in [0.717, 1.165) is 12.8 Å². The van der Waals surface area contributed by atoms with Crippen LogP contribution in [0.2, 0.25) is 0 Å². The predicted octanol–water partition coefficient (Wildman–Crippen LogP) is 3.30. The van der Waals surface area contributed by atoms with Crippen LogP contribution in [0.4, 0.5) is 13.2 Å². The van der Waals surface area contributed by atoms with Crippen LogP contribution in [0.3, 0.4) is 0 Å². The number of allylic oxidation sites excluding steroid dienone is 2. The molecule has 0 spiro atoms. The minimum atomic E-state index is -4.04. The molecule has 0 aliphatic rings. The monoisotopic (exact) mass is 152 g/mol. The number of hydrogen-bond acceptors (Lipinski definition) is 0. The molecule has 0 unspecified atom stereocenters. The minimum absolute atomic E-state index is 0.732. The van der Waals surface area contributed by atoms with Crippen LogP contribution in [-0.2, 0) is 0 Å². The molecule has 0 aromatic heterocycles. The van der Waals surface area contributed by atoms with E-state index in [1.165, 1.54) is 6.08 Å². The van der Waals surface area contributed by atoms with E-state index in [0.29, 0.717) is 0 Å². The maximum absolute atomic E-state index is 11.4. The highest BCUT2D eigenvalue weighted by Gasteiger charge is 2.24. The van der Waals surface area contributed by atoms with Crippen molar-refractivity contribution in [2.24, 2.45) is 0 Å². The summed E-state index contributed by atoms with van der Waals surface area (Å²) in [4.78, 5) is 0. The third-order valence-corrected chi connectivity index (χ3v) is 0.971. The van der Waals surface area contributed by atoms with Gasteiger partial charge in [0.25, 0.3) is 0 Å². The van der Waals surface area contributed by atoms with Gasteiger partial charge in [0.05, 0.1) is 6.42 Å². The molecular weight excluding hydrogens is 141 g/mol. The summed E-state index contributed by atoms with van der Waals surface area (Å²) in [7, 11) is 0. The Morgan fingerprint density at radius 3 is 2.20 bits per heavy atom. The Morgan fingerprint density at radius 1 is 1.20 bits per heavy atom. The highest BCUT2D eigenvalue weighted by Crippen LogP contribution is 2.19. The summed E-state index contributed by atoms with van der Waals surface area (Å²) in [5, 5.41) is 0. The first-order valence-electron chi connectivity index (χ1n) is 3.28. The van der Waals surface area contributed by atoms with E-state index in [2.05, 4.69) is 0 Å². The maximum Gasteiger partial charge on any atom is 0.392 e. The molecule has 0 N–H and O–H groups in total. The number of unbranched alkanes of at least 4 members (excludes halogenated alkanes) is 1. The SMILES string of the molecule is CCC/C=C\CC(F)(F)F. The number of alkyl halides is 3. The van der Waals surface area contributed by atoms with Crippen molar-refractivity contribution in [3.63, 3.8) is 0 Å². The summed E-state index contributed by atoms with van der Waals surface area (Å²) in [5.41, 5.74) is 0. The van der Waals surface area contributed by atoms with Gasteiger partial charge < -0.3 is 0 Å². The standard InChI is InChI=1S/C7H11F3/c1-2-3-4-5-6-7(8,9)10/h4-5H,2-3,6H2,1H3/b5-4-. The van der Waals surface area contributed by atoms with E-state index in [1.807, 2.05) is 6.92 Å². The number of halogens is 3. The van der Waals surface area contributed by atoms with Crippen LogP contribution >= 0.6 is 0 Å². The van der Waals surface area contributed by atoms with Gasteiger partial charge in [-0.2, -0.15) is 13.2 Å². The van der Waals surface area contributed by atoms with E-state index >= 15 is 0 Å². The lowest BCUT2D eigenvalue weighted by molar-refractivity contribution is -0.125. The number of rotatable bonds is 3. The van der Waals surface area contributed by atoms with Gasteiger partial charge >= 0.3 is 6.18 Å². The Bertz CT molecular complexity index is 102. The maximum atomic E-state index is 11.4.